The molecule has 0 radical (unpaired) electrons. The maximum Gasteiger partial charge on any atom is 0.333 e. The van der Waals surface area contributed by atoms with Crippen molar-refractivity contribution < 1.29 is 22.5 Å². The summed E-state index contributed by atoms with van der Waals surface area (Å²) in [7, 11) is -4.42. The Morgan fingerprint density at radius 1 is 1.38 bits per heavy atom. The molecule has 2 atom stereocenters. The van der Waals surface area contributed by atoms with E-state index in [-0.39, 0.29) is 5.56 Å². The van der Waals surface area contributed by atoms with Crippen molar-refractivity contribution >= 4 is 10.3 Å². The van der Waals surface area contributed by atoms with Gasteiger partial charge in [-0.2, -0.15) is 13.1 Å². The molecule has 0 heterocycles. The van der Waals surface area contributed by atoms with Gasteiger partial charge in [-0.05, 0) is 13.0 Å². The zero-order chi connectivity index (χ0) is 12.3. The van der Waals surface area contributed by atoms with Crippen LogP contribution < -0.4 is 4.72 Å². The first-order valence-electron chi connectivity index (χ1n) is 4.48. The number of nitrogens with one attached hydrogen (secondary N) is 1. The van der Waals surface area contributed by atoms with Crippen LogP contribution in [0.2, 0.25) is 0 Å². The van der Waals surface area contributed by atoms with Crippen LogP contribution in [-0.2, 0) is 10.3 Å². The summed E-state index contributed by atoms with van der Waals surface area (Å²) in [6.07, 6.45) is -1.37. The van der Waals surface area contributed by atoms with Gasteiger partial charge in [-0.25, -0.2) is 4.39 Å². The quantitative estimate of drug-likeness (QED) is 0.683. The van der Waals surface area contributed by atoms with Crippen LogP contribution in [0.25, 0.3) is 0 Å². The first kappa shape index (κ1) is 13.0. The van der Waals surface area contributed by atoms with Gasteiger partial charge in [-0.1, -0.05) is 18.2 Å². The fourth-order valence-electron chi connectivity index (χ4n) is 1.28. The Balaban J connectivity index is 2.86. The Morgan fingerprint density at radius 3 is 2.44 bits per heavy atom. The molecule has 0 saturated carbocycles. The van der Waals surface area contributed by atoms with Gasteiger partial charge in [-0.15, -0.1) is 0 Å². The van der Waals surface area contributed by atoms with Gasteiger partial charge >= 0.3 is 10.3 Å². The van der Waals surface area contributed by atoms with E-state index in [0.29, 0.717) is 0 Å². The molecule has 1 aromatic carbocycles. The van der Waals surface area contributed by atoms with Crippen molar-refractivity contribution in [1.29, 1.82) is 0 Å². The third-order valence-electron chi connectivity index (χ3n) is 2.03. The minimum absolute atomic E-state index is 0.0360. The molecule has 1 aromatic rings. The average molecular weight is 249 g/mol. The summed E-state index contributed by atoms with van der Waals surface area (Å²) in [4.78, 5) is 0. The van der Waals surface area contributed by atoms with Gasteiger partial charge in [0, 0.05) is 5.56 Å². The van der Waals surface area contributed by atoms with E-state index in [0.717, 1.165) is 6.07 Å². The number of hydrogen-bond donors (Lipinski definition) is 3. The molecule has 5 nitrogen and oxygen atoms in total. The molecule has 0 saturated heterocycles. The highest BCUT2D eigenvalue weighted by molar-refractivity contribution is 7.83. The van der Waals surface area contributed by atoms with Gasteiger partial charge in [-0.3, -0.25) is 4.55 Å². The highest BCUT2D eigenvalue weighted by atomic mass is 32.2. The fourth-order valence-corrected chi connectivity index (χ4v) is 1.88. The molecule has 16 heavy (non-hydrogen) atoms. The lowest BCUT2D eigenvalue weighted by molar-refractivity contribution is 0.140. The van der Waals surface area contributed by atoms with E-state index in [1.165, 1.54) is 25.1 Å². The maximum atomic E-state index is 13.2. The normalized spacial score (nSPS) is 15.8. The zero-order valence-corrected chi connectivity index (χ0v) is 9.28. The third kappa shape index (κ3) is 3.53. The van der Waals surface area contributed by atoms with Crippen LogP contribution >= 0.6 is 0 Å². The van der Waals surface area contributed by atoms with Crippen LogP contribution in [0.15, 0.2) is 24.3 Å². The van der Waals surface area contributed by atoms with Crippen molar-refractivity contribution in [2.45, 2.75) is 19.1 Å². The zero-order valence-electron chi connectivity index (χ0n) is 8.46. The number of halogens is 1. The molecule has 0 aliphatic rings. The molecule has 0 fully saturated rings. The Morgan fingerprint density at radius 2 is 1.94 bits per heavy atom. The van der Waals surface area contributed by atoms with E-state index < -0.39 is 28.3 Å². The summed E-state index contributed by atoms with van der Waals surface area (Å²) in [5.74, 6) is -0.640. The highest BCUT2D eigenvalue weighted by Crippen LogP contribution is 2.19. The van der Waals surface area contributed by atoms with Gasteiger partial charge in [0.2, 0.25) is 0 Å². The molecule has 90 valence electrons. The summed E-state index contributed by atoms with van der Waals surface area (Å²) >= 11 is 0. The van der Waals surface area contributed by atoms with Crippen LogP contribution in [0.3, 0.4) is 0 Å². The second kappa shape index (κ2) is 4.88. The Kier molecular flexibility index (Phi) is 3.98. The number of benzene rings is 1. The lowest BCUT2D eigenvalue weighted by atomic mass is 10.0. The SMILES string of the molecule is C[C@H](NS(=O)(=O)O)[C@@H](O)c1ccccc1F. The van der Waals surface area contributed by atoms with Gasteiger partial charge in [0.05, 0.1) is 12.1 Å². The van der Waals surface area contributed by atoms with Crippen molar-refractivity contribution in [1.82, 2.24) is 4.72 Å². The largest absolute Gasteiger partial charge is 0.387 e. The summed E-state index contributed by atoms with van der Waals surface area (Å²) in [6.45, 7) is 1.31. The number of rotatable bonds is 4. The smallest absolute Gasteiger partial charge is 0.333 e. The summed E-state index contributed by atoms with van der Waals surface area (Å²) in [6, 6.07) is 4.42. The first-order chi connectivity index (χ1) is 7.31. The second-order valence-electron chi connectivity index (χ2n) is 3.35. The van der Waals surface area contributed by atoms with Gasteiger partial charge in [0.25, 0.3) is 0 Å². The molecule has 0 amide bonds. The Bertz CT molecular complexity index is 462. The van der Waals surface area contributed by atoms with E-state index in [4.69, 9.17) is 4.55 Å². The van der Waals surface area contributed by atoms with E-state index in [2.05, 4.69) is 0 Å². The first-order valence-corrected chi connectivity index (χ1v) is 5.92. The minimum atomic E-state index is -4.42. The van der Waals surface area contributed by atoms with Gasteiger partial charge in [0.15, 0.2) is 0 Å². The van der Waals surface area contributed by atoms with Crippen molar-refractivity contribution in [3.63, 3.8) is 0 Å². The van der Waals surface area contributed by atoms with E-state index in [9.17, 15) is 17.9 Å². The maximum absolute atomic E-state index is 13.2. The molecule has 3 N–H and O–H groups in total. The van der Waals surface area contributed by atoms with Crippen LogP contribution in [0, 0.1) is 5.82 Å². The van der Waals surface area contributed by atoms with E-state index in [1.807, 2.05) is 0 Å². The summed E-state index contributed by atoms with van der Waals surface area (Å²) in [5.41, 5.74) is -0.0360. The average Bonchev–Trinajstić information content (AvgIpc) is 2.15. The van der Waals surface area contributed by atoms with Crippen LogP contribution in [0.5, 0.6) is 0 Å². The Hall–Kier alpha value is -1.02. The molecule has 0 unspecified atom stereocenters. The van der Waals surface area contributed by atoms with E-state index in [1.54, 1.807) is 4.72 Å². The van der Waals surface area contributed by atoms with Crippen molar-refractivity contribution in [3.05, 3.63) is 35.6 Å². The van der Waals surface area contributed by atoms with Crippen molar-refractivity contribution in [2.24, 2.45) is 0 Å². The van der Waals surface area contributed by atoms with Gasteiger partial charge in [0.1, 0.15) is 5.82 Å². The van der Waals surface area contributed by atoms with Crippen LogP contribution in [-0.4, -0.2) is 24.1 Å². The fraction of sp³-hybridized carbons (Fsp3) is 0.333. The number of hydrogen-bond acceptors (Lipinski definition) is 3. The second-order valence-corrected chi connectivity index (χ2v) is 4.53. The molecule has 1 rings (SSSR count). The highest BCUT2D eigenvalue weighted by Gasteiger charge is 2.22. The summed E-state index contributed by atoms with van der Waals surface area (Å²) in [5, 5.41) is 9.66. The molecule has 0 aromatic heterocycles. The van der Waals surface area contributed by atoms with E-state index >= 15 is 0 Å². The standard InChI is InChI=1S/C9H12FNO4S/c1-6(11-16(13,14)15)9(12)7-4-2-3-5-8(7)10/h2-6,9,11-12H,1H3,(H,13,14,15)/t6-,9+/m0/s1. The summed E-state index contributed by atoms with van der Waals surface area (Å²) < 4.78 is 44.5. The van der Waals surface area contributed by atoms with Crippen molar-refractivity contribution in [2.75, 3.05) is 0 Å². The van der Waals surface area contributed by atoms with Crippen molar-refractivity contribution in [3.8, 4) is 0 Å². The molecule has 0 aliphatic carbocycles. The topological polar surface area (TPSA) is 86.6 Å². The molecule has 0 aliphatic heterocycles. The van der Waals surface area contributed by atoms with Crippen LogP contribution in [0.1, 0.15) is 18.6 Å². The molecule has 7 heteroatoms. The number of aliphatic hydroxyl groups is 1. The predicted molar refractivity (Wildman–Crippen MR) is 55.5 cm³/mol. The number of aliphatic hydroxyl groups excluding tert-OH is 1. The molecule has 0 bridgehead atoms. The molecule has 0 spiro atoms. The van der Waals surface area contributed by atoms with Gasteiger partial charge < -0.3 is 5.11 Å². The lowest BCUT2D eigenvalue weighted by Gasteiger charge is -2.19. The van der Waals surface area contributed by atoms with Crippen LogP contribution in [0.4, 0.5) is 4.39 Å². The predicted octanol–water partition coefficient (Wildman–Crippen LogP) is 0.640. The Labute approximate surface area is 92.8 Å². The third-order valence-corrected chi connectivity index (χ3v) is 2.70. The molecular formula is C9H12FNO4S. The lowest BCUT2D eigenvalue weighted by Crippen LogP contribution is -2.36. The minimum Gasteiger partial charge on any atom is -0.387 e. The monoisotopic (exact) mass is 249 g/mol. The molecular weight excluding hydrogens is 237 g/mol.